The second kappa shape index (κ2) is 3.65. The van der Waals surface area contributed by atoms with Crippen LogP contribution < -0.4 is 0 Å². The highest BCUT2D eigenvalue weighted by molar-refractivity contribution is 5.46. The number of rotatable bonds is 4. The number of hydrogen-bond donors (Lipinski definition) is 1. The van der Waals surface area contributed by atoms with Gasteiger partial charge in [0.1, 0.15) is 0 Å². The van der Waals surface area contributed by atoms with E-state index in [0.29, 0.717) is 18.9 Å². The molecular weight excluding hydrogens is 146 g/mol. The maximum Gasteiger partial charge on any atom is 0.210 e. The second-order valence-electron chi connectivity index (χ2n) is 2.00. The largest absolute Gasteiger partial charge is 0.338 e. The number of nitrogens with zero attached hydrogens (tertiary/aromatic N) is 4. The fourth-order valence-electron chi connectivity index (χ4n) is 0.655. The molecule has 0 aromatic carbocycles. The summed E-state index contributed by atoms with van der Waals surface area (Å²) >= 11 is 0. The minimum absolute atomic E-state index is 0.413. The van der Waals surface area contributed by atoms with E-state index in [1.165, 1.54) is 0 Å². The summed E-state index contributed by atoms with van der Waals surface area (Å²) < 4.78 is 0. The van der Waals surface area contributed by atoms with Gasteiger partial charge in [-0.15, -0.1) is 10.2 Å². The van der Waals surface area contributed by atoms with Gasteiger partial charge >= 0.3 is 0 Å². The number of carbonyl (C=O) groups excluding carboxylic acids is 1. The Morgan fingerprint density at radius 3 is 3.00 bits per heavy atom. The first kappa shape index (κ1) is 7.64. The summed E-state index contributed by atoms with van der Waals surface area (Å²) in [5.41, 5.74) is 0. The first-order valence-electron chi connectivity index (χ1n) is 3.28. The summed E-state index contributed by atoms with van der Waals surface area (Å²) in [6, 6.07) is 0. The van der Waals surface area contributed by atoms with Crippen molar-refractivity contribution in [1.82, 2.24) is 25.5 Å². The van der Waals surface area contributed by atoms with E-state index in [0.717, 1.165) is 6.41 Å². The van der Waals surface area contributed by atoms with E-state index in [-0.39, 0.29) is 0 Å². The molecule has 0 saturated heterocycles. The Morgan fingerprint density at radius 2 is 2.55 bits per heavy atom. The molecule has 1 amide bonds. The van der Waals surface area contributed by atoms with Gasteiger partial charge in [0.2, 0.25) is 6.41 Å². The van der Waals surface area contributed by atoms with Crippen LogP contribution in [0.2, 0.25) is 0 Å². The lowest BCUT2D eigenvalue weighted by atomic mass is 10.5. The van der Waals surface area contributed by atoms with Gasteiger partial charge in [-0.25, -0.2) is 0 Å². The molecule has 0 saturated carbocycles. The average Bonchev–Trinajstić information content (AvgIpc) is 2.52. The molecule has 11 heavy (non-hydrogen) atoms. The molecule has 1 heterocycles. The predicted octanol–water partition coefficient (Wildman–Crippen LogP) is -0.822. The van der Waals surface area contributed by atoms with Crippen molar-refractivity contribution in [3.63, 3.8) is 0 Å². The molecule has 0 unspecified atom stereocenters. The van der Waals surface area contributed by atoms with Gasteiger partial charge in [-0.3, -0.25) is 4.79 Å². The van der Waals surface area contributed by atoms with Crippen molar-refractivity contribution < 1.29 is 4.79 Å². The molecular formula is C5H9N5O. The number of aromatic nitrogens is 4. The van der Waals surface area contributed by atoms with Crippen molar-refractivity contribution in [2.24, 2.45) is 0 Å². The van der Waals surface area contributed by atoms with Gasteiger partial charge in [-0.05, 0) is 6.92 Å². The van der Waals surface area contributed by atoms with Crippen LogP contribution in [-0.2, 0) is 11.3 Å². The van der Waals surface area contributed by atoms with Gasteiger partial charge in [0, 0.05) is 6.54 Å². The molecule has 6 heteroatoms. The Labute approximate surface area is 63.6 Å². The quantitative estimate of drug-likeness (QED) is 0.576. The predicted molar refractivity (Wildman–Crippen MR) is 36.3 cm³/mol. The molecule has 0 bridgehead atoms. The highest BCUT2D eigenvalue weighted by Crippen LogP contribution is 1.91. The molecule has 0 atom stereocenters. The van der Waals surface area contributed by atoms with Crippen LogP contribution >= 0.6 is 0 Å². The average molecular weight is 155 g/mol. The minimum Gasteiger partial charge on any atom is -0.338 e. The first-order chi connectivity index (χ1) is 5.36. The zero-order valence-electron chi connectivity index (χ0n) is 6.19. The summed E-state index contributed by atoms with van der Waals surface area (Å²) in [7, 11) is 0. The summed E-state index contributed by atoms with van der Waals surface area (Å²) in [5, 5.41) is 13.1. The lowest BCUT2D eigenvalue weighted by molar-refractivity contribution is -0.118. The normalized spacial score (nSPS) is 9.55. The zero-order valence-corrected chi connectivity index (χ0v) is 6.19. The van der Waals surface area contributed by atoms with E-state index in [2.05, 4.69) is 20.6 Å². The van der Waals surface area contributed by atoms with E-state index in [1.54, 1.807) is 4.90 Å². The maximum absolute atomic E-state index is 10.3. The van der Waals surface area contributed by atoms with Crippen LogP contribution in [-0.4, -0.2) is 38.5 Å². The number of amides is 1. The van der Waals surface area contributed by atoms with Gasteiger partial charge in [0.25, 0.3) is 0 Å². The topological polar surface area (TPSA) is 74.8 Å². The van der Waals surface area contributed by atoms with Crippen LogP contribution in [0.5, 0.6) is 0 Å². The molecule has 0 spiro atoms. The molecule has 6 nitrogen and oxygen atoms in total. The summed E-state index contributed by atoms with van der Waals surface area (Å²) in [4.78, 5) is 11.8. The van der Waals surface area contributed by atoms with E-state index < -0.39 is 0 Å². The summed E-state index contributed by atoms with van der Waals surface area (Å²) in [5.74, 6) is 0.527. The van der Waals surface area contributed by atoms with Crippen molar-refractivity contribution in [2.45, 2.75) is 13.5 Å². The Morgan fingerprint density at radius 1 is 1.73 bits per heavy atom. The molecule has 1 aromatic heterocycles. The highest BCUT2D eigenvalue weighted by atomic mass is 16.1. The van der Waals surface area contributed by atoms with Crippen LogP contribution in [0.25, 0.3) is 0 Å². The minimum atomic E-state index is 0.413. The van der Waals surface area contributed by atoms with Crippen LogP contribution in [0.3, 0.4) is 0 Å². The lowest BCUT2D eigenvalue weighted by Gasteiger charge is -2.10. The van der Waals surface area contributed by atoms with Crippen LogP contribution in [0, 0.1) is 0 Å². The van der Waals surface area contributed by atoms with Crippen molar-refractivity contribution >= 4 is 6.41 Å². The van der Waals surface area contributed by atoms with Crippen LogP contribution in [0.1, 0.15) is 12.7 Å². The molecule has 1 N–H and O–H groups in total. The van der Waals surface area contributed by atoms with Crippen molar-refractivity contribution in [2.75, 3.05) is 6.54 Å². The second-order valence-corrected chi connectivity index (χ2v) is 2.00. The monoisotopic (exact) mass is 155 g/mol. The van der Waals surface area contributed by atoms with Crippen molar-refractivity contribution in [3.05, 3.63) is 5.82 Å². The van der Waals surface area contributed by atoms with Crippen LogP contribution in [0.4, 0.5) is 0 Å². The third kappa shape index (κ3) is 1.99. The third-order valence-corrected chi connectivity index (χ3v) is 1.29. The number of tetrazole rings is 1. The maximum atomic E-state index is 10.3. The molecule has 0 fully saturated rings. The van der Waals surface area contributed by atoms with E-state index >= 15 is 0 Å². The standard InChI is InChI=1S/C5H9N5O/c1-2-10(4-11)3-5-6-8-9-7-5/h4H,2-3H2,1H3,(H,6,7,8,9). The number of aromatic amines is 1. The summed E-state index contributed by atoms with van der Waals surface area (Å²) in [6.45, 7) is 2.95. The van der Waals surface area contributed by atoms with Crippen molar-refractivity contribution in [1.29, 1.82) is 0 Å². The fraction of sp³-hybridized carbons (Fsp3) is 0.600. The van der Waals surface area contributed by atoms with Gasteiger partial charge in [0.15, 0.2) is 5.82 Å². The molecule has 0 aliphatic carbocycles. The summed E-state index contributed by atoms with van der Waals surface area (Å²) in [6.07, 6.45) is 0.760. The third-order valence-electron chi connectivity index (χ3n) is 1.29. The fourth-order valence-corrected chi connectivity index (χ4v) is 0.655. The Kier molecular flexibility index (Phi) is 2.53. The zero-order chi connectivity index (χ0) is 8.10. The Bertz CT molecular complexity index is 209. The highest BCUT2D eigenvalue weighted by Gasteiger charge is 2.02. The molecule has 0 aliphatic rings. The first-order valence-corrected chi connectivity index (χ1v) is 3.28. The molecule has 1 rings (SSSR count). The van der Waals surface area contributed by atoms with E-state index in [4.69, 9.17) is 0 Å². The van der Waals surface area contributed by atoms with Crippen molar-refractivity contribution in [3.8, 4) is 0 Å². The lowest BCUT2D eigenvalue weighted by Crippen LogP contribution is -2.21. The Balaban J connectivity index is 2.47. The molecule has 1 aromatic rings. The number of H-pyrrole nitrogens is 1. The number of nitrogens with one attached hydrogen (secondary N) is 1. The van der Waals surface area contributed by atoms with Gasteiger partial charge < -0.3 is 4.90 Å². The number of carbonyl (C=O) groups is 1. The van der Waals surface area contributed by atoms with E-state index in [9.17, 15) is 4.79 Å². The van der Waals surface area contributed by atoms with Gasteiger partial charge in [0.05, 0.1) is 6.54 Å². The SMILES string of the molecule is CCN(C=O)Cc1nn[nH]n1. The smallest absolute Gasteiger partial charge is 0.210 e. The van der Waals surface area contributed by atoms with Crippen LogP contribution in [0.15, 0.2) is 0 Å². The van der Waals surface area contributed by atoms with Gasteiger partial charge in [-0.1, -0.05) is 5.21 Å². The number of hydrogen-bond acceptors (Lipinski definition) is 4. The molecule has 60 valence electrons. The molecule has 0 radical (unpaired) electrons. The Hall–Kier alpha value is -1.46. The van der Waals surface area contributed by atoms with Gasteiger partial charge in [-0.2, -0.15) is 5.21 Å². The van der Waals surface area contributed by atoms with E-state index in [1.807, 2.05) is 6.92 Å². The molecule has 0 aliphatic heterocycles.